The fraction of sp³-hybridized carbons (Fsp3) is 0.600. The van der Waals surface area contributed by atoms with E-state index >= 15 is 0 Å². The number of carbonyl (C=O) groups excluding carboxylic acids is 1. The van der Waals surface area contributed by atoms with Crippen LogP contribution in [0.2, 0.25) is 0 Å². The van der Waals surface area contributed by atoms with Crippen molar-refractivity contribution in [1.82, 2.24) is 30.2 Å². The van der Waals surface area contributed by atoms with Gasteiger partial charge in [0, 0.05) is 32.4 Å². The molecule has 4 heterocycles. The fourth-order valence-electron chi connectivity index (χ4n) is 3.64. The van der Waals surface area contributed by atoms with Gasteiger partial charge < -0.3 is 24.7 Å². The van der Waals surface area contributed by atoms with Crippen LogP contribution in [0.5, 0.6) is 5.88 Å². The first kappa shape index (κ1) is 19.8. The Morgan fingerprint density at radius 1 is 1.28 bits per heavy atom. The molecule has 1 amide bonds. The predicted molar refractivity (Wildman–Crippen MR) is 107 cm³/mol. The van der Waals surface area contributed by atoms with Gasteiger partial charge in [0.15, 0.2) is 5.82 Å². The van der Waals surface area contributed by atoms with Gasteiger partial charge in [-0.2, -0.15) is 4.98 Å². The van der Waals surface area contributed by atoms with Gasteiger partial charge in [0.05, 0.1) is 19.1 Å². The van der Waals surface area contributed by atoms with Crippen molar-refractivity contribution < 1.29 is 14.3 Å². The minimum atomic E-state index is -0.196. The summed E-state index contributed by atoms with van der Waals surface area (Å²) in [7, 11) is 1.87. The van der Waals surface area contributed by atoms with E-state index in [1.165, 1.54) is 0 Å². The van der Waals surface area contributed by atoms with E-state index in [0.717, 1.165) is 57.7 Å². The zero-order valence-corrected chi connectivity index (χ0v) is 16.8. The molecule has 0 aromatic carbocycles. The van der Waals surface area contributed by atoms with Crippen LogP contribution in [0.25, 0.3) is 11.5 Å². The summed E-state index contributed by atoms with van der Waals surface area (Å²) in [6, 6.07) is 1.79. The number of nitrogens with zero attached hydrogens (tertiary/aromatic N) is 4. The summed E-state index contributed by atoms with van der Waals surface area (Å²) in [5.74, 6) is 1.09. The lowest BCUT2D eigenvalue weighted by atomic mass is 10.0. The van der Waals surface area contributed by atoms with Crippen LogP contribution in [0.4, 0.5) is 0 Å². The number of hydrogen-bond acceptors (Lipinski definition) is 7. The topological polar surface area (TPSA) is 103 Å². The Morgan fingerprint density at radius 3 is 2.79 bits per heavy atom. The maximum Gasteiger partial charge on any atom is 0.270 e. The number of hydrogen-bond donors (Lipinski definition) is 2. The fourth-order valence-corrected chi connectivity index (χ4v) is 3.64. The van der Waals surface area contributed by atoms with Crippen LogP contribution >= 0.6 is 0 Å². The molecule has 2 aromatic rings. The van der Waals surface area contributed by atoms with E-state index in [9.17, 15) is 4.79 Å². The van der Waals surface area contributed by atoms with Crippen molar-refractivity contribution in [3.05, 3.63) is 24.3 Å². The van der Waals surface area contributed by atoms with Gasteiger partial charge in [0.1, 0.15) is 11.4 Å². The average molecular weight is 400 g/mol. The molecule has 2 aliphatic heterocycles. The summed E-state index contributed by atoms with van der Waals surface area (Å²) < 4.78 is 13.2. The Labute approximate surface area is 170 Å². The summed E-state index contributed by atoms with van der Waals surface area (Å²) in [6.07, 6.45) is 7.15. The monoisotopic (exact) mass is 400 g/mol. The normalized spacial score (nSPS) is 18.5. The maximum atomic E-state index is 12.9. The molecule has 2 saturated heterocycles. The van der Waals surface area contributed by atoms with Crippen LogP contribution < -0.4 is 15.4 Å². The zero-order chi connectivity index (χ0) is 20.1. The first-order valence-electron chi connectivity index (χ1n) is 10.3. The van der Waals surface area contributed by atoms with Crippen LogP contribution in [-0.2, 0) is 11.8 Å². The summed E-state index contributed by atoms with van der Waals surface area (Å²) in [6.45, 7) is 3.91. The van der Waals surface area contributed by atoms with E-state index in [2.05, 4.69) is 25.6 Å². The van der Waals surface area contributed by atoms with E-state index in [-0.39, 0.29) is 11.9 Å². The van der Waals surface area contributed by atoms with Gasteiger partial charge in [0.25, 0.3) is 5.91 Å². The predicted octanol–water partition coefficient (Wildman–Crippen LogP) is 1.16. The lowest BCUT2D eigenvalue weighted by Gasteiger charge is -2.24. The highest BCUT2D eigenvalue weighted by Crippen LogP contribution is 2.21. The number of carbonyl (C=O) groups is 1. The Hall–Kier alpha value is -2.52. The molecule has 0 aliphatic carbocycles. The van der Waals surface area contributed by atoms with Crippen molar-refractivity contribution in [3.63, 3.8) is 0 Å². The van der Waals surface area contributed by atoms with Gasteiger partial charge >= 0.3 is 0 Å². The molecule has 2 aromatic heterocycles. The van der Waals surface area contributed by atoms with Crippen LogP contribution in [0.3, 0.4) is 0 Å². The number of amides is 1. The number of ether oxygens (including phenoxy) is 2. The van der Waals surface area contributed by atoms with E-state index in [0.29, 0.717) is 29.9 Å². The summed E-state index contributed by atoms with van der Waals surface area (Å²) in [4.78, 5) is 26.0. The third kappa shape index (κ3) is 5.10. The van der Waals surface area contributed by atoms with Gasteiger partial charge in [-0.15, -0.1) is 0 Å². The number of piperidine rings is 1. The van der Waals surface area contributed by atoms with Crippen molar-refractivity contribution in [1.29, 1.82) is 0 Å². The highest BCUT2D eigenvalue weighted by atomic mass is 16.5. The molecule has 156 valence electrons. The van der Waals surface area contributed by atoms with Gasteiger partial charge in [-0.3, -0.25) is 4.79 Å². The number of imidazole rings is 1. The molecular formula is C20H28N6O3. The quantitative estimate of drug-likeness (QED) is 0.750. The Kier molecular flexibility index (Phi) is 6.36. The Morgan fingerprint density at radius 2 is 2.07 bits per heavy atom. The average Bonchev–Trinajstić information content (AvgIpc) is 3.19. The molecule has 9 nitrogen and oxygen atoms in total. The van der Waals surface area contributed by atoms with E-state index in [1.54, 1.807) is 18.6 Å². The van der Waals surface area contributed by atoms with Crippen LogP contribution in [0, 0.1) is 5.92 Å². The molecule has 0 spiro atoms. The summed E-state index contributed by atoms with van der Waals surface area (Å²) >= 11 is 0. The SMILES string of the molecule is Cn1cncc1-c1nc(OCC2CCOCC2)cc(C(=O)NC2CCNCC2)n1. The molecule has 9 heteroatoms. The molecule has 2 aliphatic rings. The molecule has 2 N–H and O–H groups in total. The smallest absolute Gasteiger partial charge is 0.270 e. The van der Waals surface area contributed by atoms with Gasteiger partial charge in [-0.05, 0) is 44.7 Å². The molecule has 2 fully saturated rings. The molecule has 29 heavy (non-hydrogen) atoms. The highest BCUT2D eigenvalue weighted by Gasteiger charge is 2.21. The van der Waals surface area contributed by atoms with E-state index in [1.807, 2.05) is 11.6 Å². The van der Waals surface area contributed by atoms with Crippen molar-refractivity contribution in [2.24, 2.45) is 13.0 Å². The van der Waals surface area contributed by atoms with Crippen molar-refractivity contribution in [3.8, 4) is 17.4 Å². The van der Waals surface area contributed by atoms with Crippen molar-refractivity contribution >= 4 is 5.91 Å². The lowest BCUT2D eigenvalue weighted by Crippen LogP contribution is -2.43. The van der Waals surface area contributed by atoms with E-state index < -0.39 is 0 Å². The van der Waals surface area contributed by atoms with E-state index in [4.69, 9.17) is 9.47 Å². The molecular weight excluding hydrogens is 372 g/mol. The second-order valence-electron chi connectivity index (χ2n) is 7.67. The number of aromatic nitrogens is 4. The highest BCUT2D eigenvalue weighted by molar-refractivity contribution is 5.93. The van der Waals surface area contributed by atoms with Crippen LogP contribution in [-0.4, -0.2) is 64.4 Å². The van der Waals surface area contributed by atoms with Gasteiger partial charge in [-0.1, -0.05) is 0 Å². The largest absolute Gasteiger partial charge is 0.477 e. The van der Waals surface area contributed by atoms with Gasteiger partial charge in [-0.25, -0.2) is 9.97 Å². The summed E-state index contributed by atoms with van der Waals surface area (Å²) in [5, 5.41) is 6.39. The summed E-state index contributed by atoms with van der Waals surface area (Å²) in [5.41, 5.74) is 1.05. The first-order valence-corrected chi connectivity index (χ1v) is 10.3. The van der Waals surface area contributed by atoms with Gasteiger partial charge in [0.2, 0.25) is 5.88 Å². The van der Waals surface area contributed by atoms with Crippen LogP contribution in [0.1, 0.15) is 36.2 Å². The third-order valence-corrected chi connectivity index (χ3v) is 5.46. The van der Waals surface area contributed by atoms with Crippen LogP contribution in [0.15, 0.2) is 18.6 Å². The molecule has 0 bridgehead atoms. The standard InChI is InChI=1S/C20H28N6O3/c1-26-13-22-11-17(26)19-24-16(20(27)23-15-2-6-21-7-3-15)10-18(25-19)29-12-14-4-8-28-9-5-14/h10-11,13-15,21H,2-9,12H2,1H3,(H,23,27). The number of aryl methyl sites for hydroxylation is 1. The lowest BCUT2D eigenvalue weighted by molar-refractivity contribution is 0.0490. The minimum Gasteiger partial charge on any atom is -0.477 e. The first-order chi connectivity index (χ1) is 14.2. The molecule has 0 radical (unpaired) electrons. The second kappa shape index (κ2) is 9.32. The minimum absolute atomic E-state index is 0.158. The van der Waals surface area contributed by atoms with Crippen molar-refractivity contribution in [2.45, 2.75) is 31.7 Å². The maximum absolute atomic E-state index is 12.9. The number of nitrogens with one attached hydrogen (secondary N) is 2. The molecule has 0 atom stereocenters. The molecule has 4 rings (SSSR count). The Bertz CT molecular complexity index is 827. The second-order valence-corrected chi connectivity index (χ2v) is 7.67. The van der Waals surface area contributed by atoms with Crippen molar-refractivity contribution in [2.75, 3.05) is 32.9 Å². The molecule has 0 unspecified atom stereocenters. The number of rotatable bonds is 6. The zero-order valence-electron chi connectivity index (χ0n) is 16.8. The third-order valence-electron chi connectivity index (χ3n) is 5.46. The Balaban J connectivity index is 1.53. The molecule has 0 saturated carbocycles.